The van der Waals surface area contributed by atoms with E-state index in [1.165, 1.54) is 0 Å². The minimum atomic E-state index is -0.849. The fourth-order valence-electron chi connectivity index (χ4n) is 1.84. The lowest BCUT2D eigenvalue weighted by atomic mass is 9.96. The maximum absolute atomic E-state index is 11.2. The van der Waals surface area contributed by atoms with Crippen molar-refractivity contribution in [3.63, 3.8) is 0 Å². The number of carboxylic acids is 1. The molecule has 0 aliphatic heterocycles. The van der Waals surface area contributed by atoms with Gasteiger partial charge < -0.3 is 19.7 Å². The van der Waals surface area contributed by atoms with Gasteiger partial charge in [0.05, 0.1) is 26.2 Å². The minimum absolute atomic E-state index is 0.0513. The van der Waals surface area contributed by atoms with Crippen molar-refractivity contribution >= 4 is 5.97 Å². The molecular formula is C14H20O5. The molecule has 1 aromatic carbocycles. The van der Waals surface area contributed by atoms with E-state index < -0.39 is 11.9 Å². The van der Waals surface area contributed by atoms with Gasteiger partial charge in [-0.25, -0.2) is 0 Å². The van der Waals surface area contributed by atoms with Crippen molar-refractivity contribution in [2.24, 2.45) is 5.92 Å². The third-order valence-electron chi connectivity index (χ3n) is 2.85. The Morgan fingerprint density at radius 1 is 1.32 bits per heavy atom. The number of aliphatic hydroxyl groups excluding tert-OH is 1. The largest absolute Gasteiger partial charge is 0.496 e. The van der Waals surface area contributed by atoms with Gasteiger partial charge in [0, 0.05) is 6.61 Å². The highest BCUT2D eigenvalue weighted by Crippen LogP contribution is 2.22. The SMILES string of the molecule is COc1ccccc1CC(CCOCCO)C(=O)O. The molecule has 0 saturated carbocycles. The third-order valence-corrected chi connectivity index (χ3v) is 2.85. The molecule has 5 nitrogen and oxygen atoms in total. The zero-order valence-corrected chi connectivity index (χ0v) is 11.0. The standard InChI is InChI=1S/C14H20O5/c1-18-13-5-3-2-4-11(13)10-12(14(16)17)6-8-19-9-7-15/h2-5,12,15H,6-10H2,1H3,(H,16,17). The topological polar surface area (TPSA) is 76.0 Å². The minimum Gasteiger partial charge on any atom is -0.496 e. The maximum atomic E-state index is 11.2. The Balaban J connectivity index is 2.60. The number of hydrogen-bond acceptors (Lipinski definition) is 4. The van der Waals surface area contributed by atoms with E-state index >= 15 is 0 Å². The van der Waals surface area contributed by atoms with E-state index in [1.54, 1.807) is 7.11 Å². The number of hydrogen-bond donors (Lipinski definition) is 2. The highest BCUT2D eigenvalue weighted by molar-refractivity contribution is 5.70. The predicted octanol–water partition coefficient (Wildman–Crippen LogP) is 1.34. The fraction of sp³-hybridized carbons (Fsp3) is 0.500. The Kier molecular flexibility index (Phi) is 6.92. The average Bonchev–Trinajstić information content (AvgIpc) is 2.42. The molecule has 2 N–H and O–H groups in total. The van der Waals surface area contributed by atoms with E-state index in [2.05, 4.69) is 0 Å². The van der Waals surface area contributed by atoms with Crippen molar-refractivity contribution < 1.29 is 24.5 Å². The lowest BCUT2D eigenvalue weighted by Crippen LogP contribution is -2.19. The van der Waals surface area contributed by atoms with Crippen LogP contribution in [0.5, 0.6) is 5.75 Å². The van der Waals surface area contributed by atoms with E-state index in [-0.39, 0.29) is 13.2 Å². The number of aliphatic hydroxyl groups is 1. The van der Waals surface area contributed by atoms with Crippen molar-refractivity contribution in [2.45, 2.75) is 12.8 Å². The summed E-state index contributed by atoms with van der Waals surface area (Å²) in [5.74, 6) is -0.668. The molecule has 5 heteroatoms. The molecule has 0 aromatic heterocycles. The Labute approximate surface area is 112 Å². The zero-order chi connectivity index (χ0) is 14.1. The monoisotopic (exact) mass is 268 g/mol. The van der Waals surface area contributed by atoms with Gasteiger partial charge in [-0.15, -0.1) is 0 Å². The van der Waals surface area contributed by atoms with Crippen LogP contribution in [0.1, 0.15) is 12.0 Å². The van der Waals surface area contributed by atoms with Gasteiger partial charge in [-0.2, -0.15) is 0 Å². The molecule has 1 rings (SSSR count). The van der Waals surface area contributed by atoms with Gasteiger partial charge in [0.15, 0.2) is 0 Å². The molecule has 1 atom stereocenters. The van der Waals surface area contributed by atoms with E-state index in [9.17, 15) is 9.90 Å². The van der Waals surface area contributed by atoms with Crippen LogP contribution in [0.2, 0.25) is 0 Å². The molecule has 106 valence electrons. The summed E-state index contributed by atoms with van der Waals surface area (Å²) in [5, 5.41) is 17.8. The molecule has 1 aromatic rings. The van der Waals surface area contributed by atoms with E-state index in [0.717, 1.165) is 5.56 Å². The van der Waals surface area contributed by atoms with Crippen molar-refractivity contribution in [2.75, 3.05) is 26.9 Å². The van der Waals surface area contributed by atoms with Crippen molar-refractivity contribution in [1.29, 1.82) is 0 Å². The second-order valence-electron chi connectivity index (χ2n) is 4.18. The summed E-state index contributed by atoms with van der Waals surface area (Å²) in [6, 6.07) is 7.39. The Morgan fingerprint density at radius 3 is 2.68 bits per heavy atom. The first kappa shape index (κ1) is 15.5. The van der Waals surface area contributed by atoms with E-state index in [1.807, 2.05) is 24.3 Å². The van der Waals surface area contributed by atoms with Crippen molar-refractivity contribution in [1.82, 2.24) is 0 Å². The molecule has 0 spiro atoms. The highest BCUT2D eigenvalue weighted by Gasteiger charge is 2.19. The van der Waals surface area contributed by atoms with Crippen LogP contribution in [0.15, 0.2) is 24.3 Å². The number of benzene rings is 1. The number of methoxy groups -OCH3 is 1. The first-order chi connectivity index (χ1) is 9.19. The molecule has 0 bridgehead atoms. The van der Waals surface area contributed by atoms with Crippen LogP contribution >= 0.6 is 0 Å². The molecule has 0 heterocycles. The Morgan fingerprint density at radius 2 is 2.05 bits per heavy atom. The molecule has 0 fully saturated rings. The normalized spacial score (nSPS) is 12.1. The van der Waals surface area contributed by atoms with Crippen LogP contribution < -0.4 is 4.74 Å². The molecule has 0 amide bonds. The second kappa shape index (κ2) is 8.50. The second-order valence-corrected chi connectivity index (χ2v) is 4.18. The van der Waals surface area contributed by atoms with Crippen molar-refractivity contribution in [3.8, 4) is 5.75 Å². The number of carbonyl (C=O) groups is 1. The van der Waals surface area contributed by atoms with Crippen LogP contribution in [-0.4, -0.2) is 43.1 Å². The molecule has 0 radical (unpaired) electrons. The molecule has 0 saturated heterocycles. The lowest BCUT2D eigenvalue weighted by molar-refractivity contribution is -0.142. The third kappa shape index (κ3) is 5.28. The van der Waals surface area contributed by atoms with Gasteiger partial charge >= 0.3 is 5.97 Å². The van der Waals surface area contributed by atoms with E-state index in [4.69, 9.17) is 14.6 Å². The summed E-state index contributed by atoms with van der Waals surface area (Å²) in [6.07, 6.45) is 0.815. The van der Waals surface area contributed by atoms with Gasteiger partial charge in [0.2, 0.25) is 0 Å². The zero-order valence-electron chi connectivity index (χ0n) is 11.0. The van der Waals surface area contributed by atoms with Crippen LogP contribution in [0, 0.1) is 5.92 Å². The Bertz CT molecular complexity index is 391. The Hall–Kier alpha value is -1.59. The van der Waals surface area contributed by atoms with Crippen LogP contribution in [0.4, 0.5) is 0 Å². The van der Waals surface area contributed by atoms with E-state index in [0.29, 0.717) is 25.2 Å². The summed E-state index contributed by atoms with van der Waals surface area (Å²) in [5.41, 5.74) is 0.875. The summed E-state index contributed by atoms with van der Waals surface area (Å²) in [6.45, 7) is 0.512. The van der Waals surface area contributed by atoms with Gasteiger partial charge in [-0.3, -0.25) is 4.79 Å². The summed E-state index contributed by atoms with van der Waals surface area (Å²) >= 11 is 0. The average molecular weight is 268 g/mol. The molecule has 19 heavy (non-hydrogen) atoms. The van der Waals surface area contributed by atoms with Gasteiger partial charge in [0.25, 0.3) is 0 Å². The smallest absolute Gasteiger partial charge is 0.306 e. The summed E-state index contributed by atoms with van der Waals surface area (Å²) in [4.78, 5) is 11.2. The molecule has 0 aliphatic carbocycles. The number of aliphatic carboxylic acids is 1. The van der Waals surface area contributed by atoms with Crippen LogP contribution in [0.3, 0.4) is 0 Å². The lowest BCUT2D eigenvalue weighted by Gasteiger charge is -2.14. The summed E-state index contributed by atoms with van der Waals surface area (Å²) < 4.78 is 10.3. The molecule has 1 unspecified atom stereocenters. The predicted molar refractivity (Wildman–Crippen MR) is 70.3 cm³/mol. The van der Waals surface area contributed by atoms with Crippen LogP contribution in [0.25, 0.3) is 0 Å². The summed E-state index contributed by atoms with van der Waals surface area (Å²) in [7, 11) is 1.57. The number of para-hydroxylation sites is 1. The number of ether oxygens (including phenoxy) is 2. The number of rotatable bonds is 9. The van der Waals surface area contributed by atoms with Gasteiger partial charge in [0.1, 0.15) is 5.75 Å². The van der Waals surface area contributed by atoms with Gasteiger partial charge in [-0.1, -0.05) is 18.2 Å². The molecular weight excluding hydrogens is 248 g/mol. The first-order valence-electron chi connectivity index (χ1n) is 6.22. The maximum Gasteiger partial charge on any atom is 0.306 e. The van der Waals surface area contributed by atoms with Crippen LogP contribution in [-0.2, 0) is 16.0 Å². The fourth-order valence-corrected chi connectivity index (χ4v) is 1.84. The van der Waals surface area contributed by atoms with Crippen molar-refractivity contribution in [3.05, 3.63) is 29.8 Å². The quantitative estimate of drug-likeness (QED) is 0.661. The number of carboxylic acid groups (broad SMARTS) is 1. The highest BCUT2D eigenvalue weighted by atomic mass is 16.5. The van der Waals surface area contributed by atoms with Gasteiger partial charge in [-0.05, 0) is 24.5 Å². The first-order valence-corrected chi connectivity index (χ1v) is 6.22. The molecule has 0 aliphatic rings.